The molecule has 1 aromatic heterocycles. The second kappa shape index (κ2) is 7.99. The molecule has 2 heterocycles. The first kappa shape index (κ1) is 18.6. The van der Waals surface area contributed by atoms with Gasteiger partial charge in [-0.2, -0.15) is 0 Å². The van der Waals surface area contributed by atoms with E-state index in [2.05, 4.69) is 33.6 Å². The standard InChI is InChI=1S/C20H27FN4O/c1-14(2)25-11-8-22-20(25)16-6-9-24(10-7-16)13-19(26)23-18-12-15(3)4-5-17(18)21/h4-5,8,11-12,14,16H,6-7,9-10,13H2,1-3H3,(H,23,26). The fourth-order valence-corrected chi connectivity index (χ4v) is 3.55. The predicted molar refractivity (Wildman–Crippen MR) is 101 cm³/mol. The smallest absolute Gasteiger partial charge is 0.238 e. The summed E-state index contributed by atoms with van der Waals surface area (Å²) in [5.74, 6) is 1.01. The fraction of sp³-hybridized carbons (Fsp3) is 0.500. The van der Waals surface area contributed by atoms with E-state index >= 15 is 0 Å². The van der Waals surface area contributed by atoms with Gasteiger partial charge in [0, 0.05) is 24.4 Å². The van der Waals surface area contributed by atoms with Gasteiger partial charge in [-0.25, -0.2) is 9.37 Å². The quantitative estimate of drug-likeness (QED) is 0.886. The van der Waals surface area contributed by atoms with Gasteiger partial charge in [-0.15, -0.1) is 0 Å². The van der Waals surface area contributed by atoms with Gasteiger partial charge in [0.2, 0.25) is 5.91 Å². The van der Waals surface area contributed by atoms with Crippen molar-refractivity contribution in [3.05, 3.63) is 47.8 Å². The third kappa shape index (κ3) is 4.30. The summed E-state index contributed by atoms with van der Waals surface area (Å²) in [6, 6.07) is 5.13. The highest BCUT2D eigenvalue weighted by Crippen LogP contribution is 2.28. The number of amides is 1. The fourth-order valence-electron chi connectivity index (χ4n) is 3.55. The van der Waals surface area contributed by atoms with Crippen LogP contribution in [0, 0.1) is 12.7 Å². The van der Waals surface area contributed by atoms with E-state index in [4.69, 9.17) is 0 Å². The lowest BCUT2D eigenvalue weighted by molar-refractivity contribution is -0.117. The number of piperidine rings is 1. The summed E-state index contributed by atoms with van der Waals surface area (Å²) in [4.78, 5) is 18.9. The van der Waals surface area contributed by atoms with Crippen molar-refractivity contribution in [3.63, 3.8) is 0 Å². The molecule has 1 aliphatic rings. The van der Waals surface area contributed by atoms with Gasteiger partial charge in [-0.05, 0) is 64.4 Å². The Bertz CT molecular complexity index is 763. The molecule has 3 rings (SSSR count). The second-order valence-electron chi connectivity index (χ2n) is 7.37. The largest absolute Gasteiger partial charge is 0.332 e. The minimum atomic E-state index is -0.400. The lowest BCUT2D eigenvalue weighted by Gasteiger charge is -2.31. The summed E-state index contributed by atoms with van der Waals surface area (Å²) in [7, 11) is 0. The van der Waals surface area contributed by atoms with E-state index in [1.165, 1.54) is 6.07 Å². The van der Waals surface area contributed by atoms with Crippen molar-refractivity contribution in [2.45, 2.75) is 45.6 Å². The SMILES string of the molecule is Cc1ccc(F)c(NC(=O)CN2CCC(c3nccn3C(C)C)CC2)c1. The number of benzene rings is 1. The van der Waals surface area contributed by atoms with E-state index in [9.17, 15) is 9.18 Å². The molecular formula is C20H27FN4O. The molecule has 0 radical (unpaired) electrons. The zero-order chi connectivity index (χ0) is 18.7. The molecule has 1 fully saturated rings. The monoisotopic (exact) mass is 358 g/mol. The van der Waals surface area contributed by atoms with Crippen LogP contribution >= 0.6 is 0 Å². The Labute approximate surface area is 154 Å². The minimum absolute atomic E-state index is 0.170. The van der Waals surface area contributed by atoms with Gasteiger partial charge in [0.15, 0.2) is 0 Å². The van der Waals surface area contributed by atoms with Gasteiger partial charge < -0.3 is 9.88 Å². The average Bonchev–Trinajstić information content (AvgIpc) is 3.09. The Kier molecular flexibility index (Phi) is 5.71. The molecule has 0 saturated carbocycles. The van der Waals surface area contributed by atoms with Crippen LogP contribution in [0.3, 0.4) is 0 Å². The summed E-state index contributed by atoms with van der Waals surface area (Å²) in [5, 5.41) is 2.69. The summed E-state index contributed by atoms with van der Waals surface area (Å²) in [6.45, 7) is 8.18. The Morgan fingerprint density at radius 3 is 2.77 bits per heavy atom. The Balaban J connectivity index is 1.53. The van der Waals surface area contributed by atoms with Crippen molar-refractivity contribution >= 4 is 11.6 Å². The molecule has 0 spiro atoms. The van der Waals surface area contributed by atoms with E-state index in [1.54, 1.807) is 12.1 Å². The number of carbonyl (C=O) groups excluding carboxylic acids is 1. The number of imidazole rings is 1. The number of nitrogens with one attached hydrogen (secondary N) is 1. The zero-order valence-electron chi connectivity index (χ0n) is 15.7. The molecule has 0 unspecified atom stereocenters. The molecule has 2 aromatic rings. The van der Waals surface area contributed by atoms with Gasteiger partial charge in [0.05, 0.1) is 12.2 Å². The van der Waals surface area contributed by atoms with Crippen molar-refractivity contribution < 1.29 is 9.18 Å². The molecule has 1 saturated heterocycles. The van der Waals surface area contributed by atoms with Crippen LogP contribution in [0.5, 0.6) is 0 Å². The van der Waals surface area contributed by atoms with Crippen LogP contribution in [0.15, 0.2) is 30.6 Å². The normalized spacial score (nSPS) is 16.2. The number of halogens is 1. The van der Waals surface area contributed by atoms with Crippen LogP contribution in [0.2, 0.25) is 0 Å². The molecule has 0 aliphatic carbocycles. The number of carbonyl (C=O) groups is 1. The van der Waals surface area contributed by atoms with Gasteiger partial charge in [-0.3, -0.25) is 9.69 Å². The Morgan fingerprint density at radius 2 is 2.08 bits per heavy atom. The lowest BCUT2D eigenvalue weighted by Crippen LogP contribution is -2.39. The van der Waals surface area contributed by atoms with Gasteiger partial charge in [0.25, 0.3) is 0 Å². The highest BCUT2D eigenvalue weighted by molar-refractivity contribution is 5.92. The van der Waals surface area contributed by atoms with Crippen molar-refractivity contribution in [3.8, 4) is 0 Å². The van der Waals surface area contributed by atoms with E-state index < -0.39 is 5.82 Å². The van der Waals surface area contributed by atoms with Crippen LogP contribution < -0.4 is 5.32 Å². The van der Waals surface area contributed by atoms with Crippen molar-refractivity contribution in [1.29, 1.82) is 0 Å². The Hall–Kier alpha value is -2.21. The number of anilines is 1. The molecule has 140 valence electrons. The molecular weight excluding hydrogens is 331 g/mol. The average molecular weight is 358 g/mol. The third-order valence-electron chi connectivity index (χ3n) is 4.97. The number of aryl methyl sites for hydroxylation is 1. The number of likely N-dealkylation sites (tertiary alicyclic amines) is 1. The second-order valence-corrected chi connectivity index (χ2v) is 7.37. The van der Waals surface area contributed by atoms with Gasteiger partial charge in [-0.1, -0.05) is 6.07 Å². The number of rotatable bonds is 5. The molecule has 26 heavy (non-hydrogen) atoms. The topological polar surface area (TPSA) is 50.2 Å². The summed E-state index contributed by atoms with van der Waals surface area (Å²) < 4.78 is 16.0. The molecule has 1 aromatic carbocycles. The van der Waals surface area contributed by atoms with E-state index in [0.29, 0.717) is 18.5 Å². The summed E-state index contributed by atoms with van der Waals surface area (Å²) in [6.07, 6.45) is 5.87. The molecule has 1 N–H and O–H groups in total. The molecule has 0 bridgehead atoms. The van der Waals surface area contributed by atoms with Crippen molar-refractivity contribution in [2.75, 3.05) is 25.0 Å². The van der Waals surface area contributed by atoms with Crippen molar-refractivity contribution in [1.82, 2.24) is 14.5 Å². The summed E-state index contributed by atoms with van der Waals surface area (Å²) >= 11 is 0. The maximum Gasteiger partial charge on any atom is 0.238 e. The molecule has 6 heteroatoms. The van der Waals surface area contributed by atoms with Crippen LogP contribution in [0.1, 0.15) is 50.0 Å². The van der Waals surface area contributed by atoms with E-state index in [1.807, 2.05) is 19.3 Å². The number of aromatic nitrogens is 2. The molecule has 0 atom stereocenters. The predicted octanol–water partition coefficient (Wildman–Crippen LogP) is 3.73. The molecule has 5 nitrogen and oxygen atoms in total. The highest BCUT2D eigenvalue weighted by atomic mass is 19.1. The van der Waals surface area contributed by atoms with Crippen LogP contribution in [0.4, 0.5) is 10.1 Å². The number of hydrogen-bond donors (Lipinski definition) is 1. The maximum absolute atomic E-state index is 13.8. The van der Waals surface area contributed by atoms with Crippen LogP contribution in [0.25, 0.3) is 0 Å². The first-order valence-electron chi connectivity index (χ1n) is 9.25. The molecule has 1 amide bonds. The third-order valence-corrected chi connectivity index (χ3v) is 4.97. The minimum Gasteiger partial charge on any atom is -0.332 e. The zero-order valence-corrected chi connectivity index (χ0v) is 15.7. The lowest BCUT2D eigenvalue weighted by atomic mass is 9.95. The van der Waals surface area contributed by atoms with E-state index in [0.717, 1.165) is 37.3 Å². The number of hydrogen-bond acceptors (Lipinski definition) is 3. The number of nitrogens with zero attached hydrogens (tertiary/aromatic N) is 3. The van der Waals surface area contributed by atoms with Crippen LogP contribution in [-0.4, -0.2) is 40.0 Å². The first-order chi connectivity index (χ1) is 12.4. The summed E-state index contributed by atoms with van der Waals surface area (Å²) in [5.41, 5.74) is 1.17. The highest BCUT2D eigenvalue weighted by Gasteiger charge is 2.25. The van der Waals surface area contributed by atoms with Crippen LogP contribution in [-0.2, 0) is 4.79 Å². The van der Waals surface area contributed by atoms with Gasteiger partial charge in [0.1, 0.15) is 11.6 Å². The van der Waals surface area contributed by atoms with Crippen molar-refractivity contribution in [2.24, 2.45) is 0 Å². The Morgan fingerprint density at radius 1 is 1.35 bits per heavy atom. The van der Waals surface area contributed by atoms with E-state index in [-0.39, 0.29) is 11.6 Å². The first-order valence-corrected chi connectivity index (χ1v) is 9.25. The maximum atomic E-state index is 13.8. The van der Waals surface area contributed by atoms with Gasteiger partial charge >= 0.3 is 0 Å². The molecule has 1 aliphatic heterocycles.